The first-order chi connectivity index (χ1) is 23.1. The average molecular weight is 611 g/mol. The monoisotopic (exact) mass is 610 g/mol. The maximum Gasteiger partial charge on any atom is 0.0746 e. The zero-order valence-corrected chi connectivity index (χ0v) is 27.6. The summed E-state index contributed by atoms with van der Waals surface area (Å²) in [6.07, 6.45) is 18.4. The van der Waals surface area contributed by atoms with Crippen molar-refractivity contribution in [3.05, 3.63) is 157 Å². The first kappa shape index (κ1) is 30.6. The van der Waals surface area contributed by atoms with Crippen LogP contribution >= 0.6 is 0 Å². The van der Waals surface area contributed by atoms with E-state index in [1.165, 1.54) is 72.1 Å². The molecule has 2 heteroatoms. The van der Waals surface area contributed by atoms with E-state index in [0.29, 0.717) is 11.8 Å². The third-order valence-electron chi connectivity index (χ3n) is 9.93. The molecule has 1 aromatic heterocycles. The minimum absolute atomic E-state index is 0.267. The van der Waals surface area contributed by atoms with Gasteiger partial charge in [0, 0.05) is 18.6 Å². The van der Waals surface area contributed by atoms with E-state index in [2.05, 4.69) is 159 Å². The van der Waals surface area contributed by atoms with Gasteiger partial charge in [0.25, 0.3) is 0 Å². The van der Waals surface area contributed by atoms with Gasteiger partial charge in [-0.1, -0.05) is 116 Å². The summed E-state index contributed by atoms with van der Waals surface area (Å²) in [5, 5.41) is 7.66. The molecule has 0 saturated heterocycles. The lowest BCUT2D eigenvalue weighted by molar-refractivity contribution is 0.394. The van der Waals surface area contributed by atoms with Crippen molar-refractivity contribution in [3.8, 4) is 11.1 Å². The Kier molecular flexibility index (Phi) is 8.93. The Hall–Kier alpha value is -5.08. The number of hydrogen-bond donors (Lipinski definition) is 0. The predicted octanol–water partition coefficient (Wildman–Crippen LogP) is 12.4. The molecule has 0 N–H and O–H groups in total. The molecule has 1 aliphatic heterocycles. The van der Waals surface area contributed by atoms with Gasteiger partial charge in [-0.2, -0.15) is 0 Å². The van der Waals surface area contributed by atoms with Gasteiger partial charge in [-0.25, -0.2) is 0 Å². The number of aliphatic imine (C=N–C) groups is 1. The summed E-state index contributed by atoms with van der Waals surface area (Å²) in [7, 11) is 0. The molecule has 0 aliphatic carbocycles. The van der Waals surface area contributed by atoms with Crippen LogP contribution in [-0.4, -0.2) is 11.2 Å². The van der Waals surface area contributed by atoms with Crippen LogP contribution < -0.4 is 0 Å². The molecule has 3 unspecified atom stereocenters. The molecule has 2 nitrogen and oxygen atoms in total. The Balaban J connectivity index is 1.25. The molecular weight excluding hydrogens is 569 g/mol. The van der Waals surface area contributed by atoms with Gasteiger partial charge in [-0.05, 0) is 129 Å². The lowest BCUT2D eigenvalue weighted by Gasteiger charge is -2.26. The molecule has 3 atom stereocenters. The Morgan fingerprint density at radius 2 is 1.43 bits per heavy atom. The van der Waals surface area contributed by atoms with Crippen molar-refractivity contribution in [3.63, 3.8) is 0 Å². The summed E-state index contributed by atoms with van der Waals surface area (Å²) in [5.74, 6) is 1.04. The summed E-state index contributed by atoms with van der Waals surface area (Å²) < 4.78 is 0. The standard InChI is InChI=1S/C45H42N2/c1-4-12-38(32(3)14-11-13-31(2)37-23-24-43(47-30-37)34-25-27-46-28-26-34)45-41-19-9-7-17-39(41)44(40-18-8-10-20-42(40)45)36-22-21-33-15-5-6-16-35(33)29-36/h4-12,14-22,25-31,37,43H,13,23-24H2,1-3H3/b12-4-,14-11-,38-32-. The van der Waals surface area contributed by atoms with E-state index in [9.17, 15) is 0 Å². The van der Waals surface area contributed by atoms with E-state index in [4.69, 9.17) is 4.99 Å². The number of rotatable bonds is 8. The van der Waals surface area contributed by atoms with E-state index < -0.39 is 0 Å². The van der Waals surface area contributed by atoms with Gasteiger partial charge < -0.3 is 0 Å². The normalized spacial score (nSPS) is 18.0. The molecule has 0 bridgehead atoms. The van der Waals surface area contributed by atoms with Crippen molar-refractivity contribution in [2.24, 2.45) is 16.8 Å². The van der Waals surface area contributed by atoms with Crippen LogP contribution in [0.4, 0.5) is 0 Å². The molecule has 0 spiro atoms. The smallest absolute Gasteiger partial charge is 0.0746 e. The fourth-order valence-electron chi connectivity index (χ4n) is 7.36. The SMILES string of the molecule is C\C=C/C(=C(C)/C=C\CC(C)C1C=NC(c2ccncc2)CC1)c1c2ccccc2c(-c2ccc3ccccc3c2)c2ccccc12. The van der Waals surface area contributed by atoms with Gasteiger partial charge in [0.1, 0.15) is 0 Å². The fraction of sp³-hybridized carbons (Fsp3) is 0.200. The molecule has 2 heterocycles. The zero-order valence-electron chi connectivity index (χ0n) is 27.6. The maximum atomic E-state index is 4.94. The highest BCUT2D eigenvalue weighted by atomic mass is 14.8. The topological polar surface area (TPSA) is 25.2 Å². The van der Waals surface area contributed by atoms with Gasteiger partial charge in [0.2, 0.25) is 0 Å². The van der Waals surface area contributed by atoms with Crippen LogP contribution in [0.1, 0.15) is 57.2 Å². The van der Waals surface area contributed by atoms with Crippen molar-refractivity contribution in [2.75, 3.05) is 0 Å². The summed E-state index contributed by atoms with van der Waals surface area (Å²) in [5.41, 5.74) is 7.67. The van der Waals surface area contributed by atoms with Crippen LogP contribution in [0.25, 0.3) is 49.0 Å². The zero-order chi connectivity index (χ0) is 32.2. The van der Waals surface area contributed by atoms with E-state index in [1.54, 1.807) is 0 Å². The molecule has 5 aromatic carbocycles. The summed E-state index contributed by atoms with van der Waals surface area (Å²) in [4.78, 5) is 9.11. The highest BCUT2D eigenvalue weighted by Gasteiger charge is 2.22. The molecule has 0 saturated carbocycles. The molecule has 232 valence electrons. The lowest BCUT2D eigenvalue weighted by Crippen LogP contribution is -2.18. The third-order valence-corrected chi connectivity index (χ3v) is 9.93. The van der Waals surface area contributed by atoms with Gasteiger partial charge in [0.15, 0.2) is 0 Å². The molecule has 1 aliphatic rings. The minimum atomic E-state index is 0.267. The molecular formula is C45H42N2. The minimum Gasteiger partial charge on any atom is -0.289 e. The van der Waals surface area contributed by atoms with Crippen LogP contribution in [0.5, 0.6) is 0 Å². The molecule has 6 aromatic rings. The van der Waals surface area contributed by atoms with Crippen molar-refractivity contribution in [1.82, 2.24) is 4.98 Å². The second-order valence-corrected chi connectivity index (χ2v) is 13.0. The Morgan fingerprint density at radius 3 is 2.09 bits per heavy atom. The molecule has 47 heavy (non-hydrogen) atoms. The van der Waals surface area contributed by atoms with Crippen LogP contribution in [0.2, 0.25) is 0 Å². The number of nitrogens with zero attached hydrogens (tertiary/aromatic N) is 2. The van der Waals surface area contributed by atoms with Crippen LogP contribution in [0.3, 0.4) is 0 Å². The van der Waals surface area contributed by atoms with E-state index in [1.807, 2.05) is 12.4 Å². The third kappa shape index (κ3) is 6.21. The van der Waals surface area contributed by atoms with Gasteiger partial charge in [-0.3, -0.25) is 9.98 Å². The van der Waals surface area contributed by atoms with E-state index in [-0.39, 0.29) is 6.04 Å². The van der Waals surface area contributed by atoms with Gasteiger partial charge in [-0.15, -0.1) is 0 Å². The number of allylic oxidation sites excluding steroid dienone is 6. The first-order valence-electron chi connectivity index (χ1n) is 17.0. The van der Waals surface area contributed by atoms with Crippen molar-refractivity contribution >= 4 is 44.1 Å². The molecule has 0 amide bonds. The Morgan fingerprint density at radius 1 is 0.766 bits per heavy atom. The Bertz CT molecular complexity index is 2110. The van der Waals surface area contributed by atoms with Crippen molar-refractivity contribution in [1.29, 1.82) is 0 Å². The van der Waals surface area contributed by atoms with Crippen LogP contribution in [0, 0.1) is 11.8 Å². The van der Waals surface area contributed by atoms with Gasteiger partial charge in [0.05, 0.1) is 6.04 Å². The molecule has 0 fully saturated rings. The van der Waals surface area contributed by atoms with Crippen LogP contribution in [-0.2, 0) is 0 Å². The predicted molar refractivity (Wildman–Crippen MR) is 203 cm³/mol. The van der Waals surface area contributed by atoms with Crippen LogP contribution in [0.15, 0.2) is 150 Å². The fourth-order valence-corrected chi connectivity index (χ4v) is 7.36. The van der Waals surface area contributed by atoms with Gasteiger partial charge >= 0.3 is 0 Å². The highest BCUT2D eigenvalue weighted by molar-refractivity contribution is 6.20. The Labute approximate surface area is 278 Å². The quantitative estimate of drug-likeness (QED) is 0.124. The largest absolute Gasteiger partial charge is 0.289 e. The number of benzene rings is 5. The molecule has 7 rings (SSSR count). The number of pyridine rings is 1. The second kappa shape index (κ2) is 13.7. The van der Waals surface area contributed by atoms with Crippen molar-refractivity contribution in [2.45, 2.75) is 46.1 Å². The van der Waals surface area contributed by atoms with E-state index in [0.717, 1.165) is 12.8 Å². The maximum absolute atomic E-state index is 4.94. The number of hydrogen-bond acceptors (Lipinski definition) is 2. The summed E-state index contributed by atoms with van der Waals surface area (Å²) >= 11 is 0. The van der Waals surface area contributed by atoms with E-state index >= 15 is 0 Å². The highest BCUT2D eigenvalue weighted by Crippen LogP contribution is 2.43. The average Bonchev–Trinajstić information content (AvgIpc) is 3.13. The molecule has 0 radical (unpaired) electrons. The van der Waals surface area contributed by atoms with Crippen molar-refractivity contribution < 1.29 is 0 Å². The number of fused-ring (bicyclic) bond motifs is 3. The number of aromatic nitrogens is 1. The first-order valence-corrected chi connectivity index (χ1v) is 17.0. The summed E-state index contributed by atoms with van der Waals surface area (Å²) in [6, 6.07) is 37.8. The summed E-state index contributed by atoms with van der Waals surface area (Å²) in [6.45, 7) is 6.75. The second-order valence-electron chi connectivity index (χ2n) is 13.0. The lowest BCUT2D eigenvalue weighted by atomic mass is 9.83.